The highest BCUT2D eigenvalue weighted by molar-refractivity contribution is 5.61. The van der Waals surface area contributed by atoms with Gasteiger partial charge in [-0.05, 0) is 67.8 Å². The molecule has 0 spiro atoms. The summed E-state index contributed by atoms with van der Waals surface area (Å²) in [4.78, 5) is 11.3. The third-order valence-electron chi connectivity index (χ3n) is 5.13. The lowest BCUT2D eigenvalue weighted by molar-refractivity contribution is 0.314. The van der Waals surface area contributed by atoms with Crippen molar-refractivity contribution in [3.8, 4) is 22.8 Å². The van der Waals surface area contributed by atoms with Crippen LogP contribution in [0.4, 0.5) is 0 Å². The highest BCUT2D eigenvalue weighted by Gasteiger charge is 2.25. The van der Waals surface area contributed by atoms with Gasteiger partial charge in [-0.1, -0.05) is 12.1 Å². The van der Waals surface area contributed by atoms with E-state index in [1.165, 1.54) is 5.56 Å². The van der Waals surface area contributed by atoms with Crippen molar-refractivity contribution in [1.29, 1.82) is 0 Å². The minimum Gasteiger partial charge on any atom is -0.508 e. The van der Waals surface area contributed by atoms with Crippen LogP contribution in [0.15, 0.2) is 54.7 Å². The van der Waals surface area contributed by atoms with E-state index in [4.69, 9.17) is 0 Å². The summed E-state index contributed by atoms with van der Waals surface area (Å²) in [6.07, 6.45) is 2.90. The molecule has 27 heavy (non-hydrogen) atoms. The number of rotatable bonds is 4. The van der Waals surface area contributed by atoms with E-state index in [-0.39, 0.29) is 11.5 Å². The first-order valence-corrected chi connectivity index (χ1v) is 9.22. The van der Waals surface area contributed by atoms with Gasteiger partial charge in [0.05, 0.1) is 11.4 Å². The number of likely N-dealkylation sites (tertiary alicyclic amines) is 1. The van der Waals surface area contributed by atoms with Crippen molar-refractivity contribution in [2.24, 2.45) is 0 Å². The van der Waals surface area contributed by atoms with E-state index in [1.54, 1.807) is 18.2 Å². The maximum Gasteiger partial charge on any atom is 0.138 e. The molecule has 1 atom stereocenters. The van der Waals surface area contributed by atoms with Crippen LogP contribution in [0, 0.1) is 6.92 Å². The summed E-state index contributed by atoms with van der Waals surface area (Å²) in [5, 5.41) is 19.8. The molecular weight excluding hydrogens is 338 g/mol. The van der Waals surface area contributed by atoms with Crippen molar-refractivity contribution in [3.63, 3.8) is 0 Å². The molecule has 4 rings (SSSR count). The first-order chi connectivity index (χ1) is 13.1. The highest BCUT2D eigenvalue weighted by atomic mass is 16.3. The van der Waals surface area contributed by atoms with Crippen LogP contribution in [-0.2, 0) is 6.54 Å². The topological polar surface area (TPSA) is 69.5 Å². The van der Waals surface area contributed by atoms with Crippen molar-refractivity contribution >= 4 is 0 Å². The highest BCUT2D eigenvalue weighted by Crippen LogP contribution is 2.31. The van der Waals surface area contributed by atoms with Crippen LogP contribution in [0.25, 0.3) is 11.3 Å². The number of phenols is 1. The van der Waals surface area contributed by atoms with Gasteiger partial charge in [-0.3, -0.25) is 14.9 Å². The first kappa shape index (κ1) is 17.5. The SMILES string of the molecule is Cc1ccc(O)c(CN2CCC(c3ccnc(-c4cccc(O)c4)c3)C2)n1. The molecule has 0 amide bonds. The van der Waals surface area contributed by atoms with Crippen molar-refractivity contribution in [2.75, 3.05) is 13.1 Å². The van der Waals surface area contributed by atoms with Gasteiger partial charge in [-0.15, -0.1) is 0 Å². The second-order valence-electron chi connectivity index (χ2n) is 7.16. The van der Waals surface area contributed by atoms with Gasteiger partial charge in [-0.2, -0.15) is 0 Å². The molecule has 2 N–H and O–H groups in total. The molecule has 0 radical (unpaired) electrons. The second kappa shape index (κ2) is 7.37. The molecule has 3 aromatic rings. The number of pyridine rings is 2. The van der Waals surface area contributed by atoms with Crippen LogP contribution in [0.3, 0.4) is 0 Å². The number of phenolic OH excluding ortho intramolecular Hbond substituents is 1. The number of aromatic nitrogens is 2. The fourth-order valence-corrected chi connectivity index (χ4v) is 3.70. The molecule has 1 aliphatic rings. The molecule has 3 heterocycles. The summed E-state index contributed by atoms with van der Waals surface area (Å²) >= 11 is 0. The molecule has 1 fully saturated rings. The van der Waals surface area contributed by atoms with Crippen molar-refractivity contribution in [1.82, 2.24) is 14.9 Å². The van der Waals surface area contributed by atoms with E-state index < -0.39 is 0 Å². The summed E-state index contributed by atoms with van der Waals surface area (Å²) < 4.78 is 0. The number of aryl methyl sites for hydroxylation is 1. The summed E-state index contributed by atoms with van der Waals surface area (Å²) in [6, 6.07) is 14.9. The average molecular weight is 361 g/mol. The first-order valence-electron chi connectivity index (χ1n) is 9.22. The van der Waals surface area contributed by atoms with Gasteiger partial charge >= 0.3 is 0 Å². The predicted molar refractivity (Wildman–Crippen MR) is 105 cm³/mol. The Morgan fingerprint density at radius 2 is 2.00 bits per heavy atom. The Kier molecular flexibility index (Phi) is 4.77. The van der Waals surface area contributed by atoms with Crippen LogP contribution in [0.2, 0.25) is 0 Å². The fourth-order valence-electron chi connectivity index (χ4n) is 3.70. The monoisotopic (exact) mass is 361 g/mol. The number of aromatic hydroxyl groups is 2. The zero-order chi connectivity index (χ0) is 18.8. The molecule has 1 saturated heterocycles. The van der Waals surface area contributed by atoms with Gasteiger partial charge in [0.1, 0.15) is 11.5 Å². The molecule has 0 saturated carbocycles. The Bertz CT molecular complexity index is 958. The van der Waals surface area contributed by atoms with E-state index in [0.29, 0.717) is 12.5 Å². The summed E-state index contributed by atoms with van der Waals surface area (Å²) in [7, 11) is 0. The lowest BCUT2D eigenvalue weighted by Crippen LogP contribution is -2.20. The van der Waals surface area contributed by atoms with E-state index >= 15 is 0 Å². The normalized spacial score (nSPS) is 17.3. The van der Waals surface area contributed by atoms with Crippen molar-refractivity contribution in [3.05, 3.63) is 71.7 Å². The van der Waals surface area contributed by atoms with Crippen LogP contribution in [0.5, 0.6) is 11.5 Å². The third-order valence-corrected chi connectivity index (χ3v) is 5.13. The van der Waals surface area contributed by atoms with Gasteiger partial charge in [0.15, 0.2) is 0 Å². The summed E-state index contributed by atoms with van der Waals surface area (Å²) in [5.74, 6) is 0.937. The Balaban J connectivity index is 1.49. The number of hydrogen-bond donors (Lipinski definition) is 2. The maximum atomic E-state index is 10.0. The summed E-state index contributed by atoms with van der Waals surface area (Å²) in [6.45, 7) is 4.51. The van der Waals surface area contributed by atoms with Gasteiger partial charge < -0.3 is 10.2 Å². The van der Waals surface area contributed by atoms with E-state index in [2.05, 4.69) is 27.0 Å². The lowest BCUT2D eigenvalue weighted by Gasteiger charge is -2.17. The smallest absolute Gasteiger partial charge is 0.138 e. The fraction of sp³-hybridized carbons (Fsp3) is 0.273. The largest absolute Gasteiger partial charge is 0.508 e. The van der Waals surface area contributed by atoms with Gasteiger partial charge in [0.25, 0.3) is 0 Å². The molecule has 1 aromatic carbocycles. The Hall–Kier alpha value is -2.92. The van der Waals surface area contributed by atoms with E-state index in [9.17, 15) is 10.2 Å². The maximum absolute atomic E-state index is 10.0. The second-order valence-corrected chi connectivity index (χ2v) is 7.16. The van der Waals surface area contributed by atoms with Crippen LogP contribution in [0.1, 0.15) is 29.3 Å². The molecule has 5 nitrogen and oxygen atoms in total. The minimum atomic E-state index is 0.247. The zero-order valence-electron chi connectivity index (χ0n) is 15.3. The Morgan fingerprint density at radius 1 is 1.11 bits per heavy atom. The van der Waals surface area contributed by atoms with Crippen LogP contribution >= 0.6 is 0 Å². The average Bonchev–Trinajstić information content (AvgIpc) is 3.13. The predicted octanol–water partition coefficient (Wildman–Crippen LogP) is 3.85. The molecular formula is C22H23N3O2. The zero-order valence-corrected chi connectivity index (χ0v) is 15.3. The molecule has 5 heteroatoms. The molecule has 0 aliphatic carbocycles. The van der Waals surface area contributed by atoms with E-state index in [0.717, 1.165) is 42.2 Å². The third kappa shape index (κ3) is 3.93. The van der Waals surface area contributed by atoms with Crippen LogP contribution < -0.4 is 0 Å². The molecule has 1 unspecified atom stereocenters. The van der Waals surface area contributed by atoms with Gasteiger partial charge in [-0.25, -0.2) is 0 Å². The summed E-state index contributed by atoms with van der Waals surface area (Å²) in [5.41, 5.74) is 4.71. The molecule has 0 bridgehead atoms. The molecule has 2 aromatic heterocycles. The van der Waals surface area contributed by atoms with Crippen LogP contribution in [-0.4, -0.2) is 38.2 Å². The quantitative estimate of drug-likeness (QED) is 0.739. The lowest BCUT2D eigenvalue weighted by atomic mass is 9.97. The number of hydrogen-bond acceptors (Lipinski definition) is 5. The Labute approximate surface area is 159 Å². The number of nitrogens with zero attached hydrogens (tertiary/aromatic N) is 3. The van der Waals surface area contributed by atoms with Gasteiger partial charge in [0.2, 0.25) is 0 Å². The standard InChI is InChI=1S/C22H23N3O2/c1-15-5-6-22(27)21(24-15)14-25-10-8-18(13-25)16-7-9-23-20(12-16)17-3-2-4-19(26)11-17/h2-7,9,11-12,18,26-27H,8,10,13-14H2,1H3. The number of benzene rings is 1. The molecule has 1 aliphatic heterocycles. The van der Waals surface area contributed by atoms with Gasteiger partial charge in [0, 0.05) is 30.5 Å². The molecule has 138 valence electrons. The van der Waals surface area contributed by atoms with Crippen molar-refractivity contribution in [2.45, 2.75) is 25.8 Å². The minimum absolute atomic E-state index is 0.247. The van der Waals surface area contributed by atoms with E-state index in [1.807, 2.05) is 31.3 Å². The Morgan fingerprint density at radius 3 is 2.85 bits per heavy atom. The van der Waals surface area contributed by atoms with Crippen molar-refractivity contribution < 1.29 is 10.2 Å².